The molecule has 3 aromatic rings. The van der Waals surface area contributed by atoms with Crippen molar-refractivity contribution < 1.29 is 27.1 Å². The Morgan fingerprint density at radius 1 is 1.20 bits per heavy atom. The quantitative estimate of drug-likeness (QED) is 0.343. The Hall–Kier alpha value is -2.47. The highest BCUT2D eigenvalue weighted by Crippen LogP contribution is 2.42. The van der Waals surface area contributed by atoms with Crippen molar-refractivity contribution in [3.63, 3.8) is 0 Å². The number of rotatable bonds is 5. The number of hydrogen-bond acceptors (Lipinski definition) is 7. The number of carbonyl (C=O) groups excluding carboxylic acids is 1. The zero-order valence-electron chi connectivity index (χ0n) is 22.9. The fraction of sp³-hybridized carbons (Fsp3) is 0.500. The van der Waals surface area contributed by atoms with E-state index >= 15 is 4.39 Å². The lowest BCUT2D eigenvalue weighted by molar-refractivity contribution is 0.0273. The van der Waals surface area contributed by atoms with E-state index in [1.54, 1.807) is 39.1 Å². The number of benzene rings is 1. The molecule has 2 aromatic heterocycles. The number of sulfonamides is 1. The molecular formula is C28H33ClFN3O5S2. The van der Waals surface area contributed by atoms with E-state index < -0.39 is 34.0 Å². The van der Waals surface area contributed by atoms with Crippen LogP contribution in [0.3, 0.4) is 0 Å². The Labute approximate surface area is 243 Å². The molecule has 2 aliphatic heterocycles. The second-order valence-corrected chi connectivity index (χ2v) is 15.0. The molecule has 0 spiro atoms. The van der Waals surface area contributed by atoms with Crippen molar-refractivity contribution in [2.75, 3.05) is 25.4 Å². The summed E-state index contributed by atoms with van der Waals surface area (Å²) in [6, 6.07) is 7.31. The van der Waals surface area contributed by atoms with Crippen molar-refractivity contribution in [3.05, 3.63) is 45.9 Å². The summed E-state index contributed by atoms with van der Waals surface area (Å²) in [5.74, 6) is 0.649. The zero-order chi connectivity index (χ0) is 28.8. The van der Waals surface area contributed by atoms with Crippen LogP contribution in [0.25, 0.3) is 21.3 Å². The number of nitrogens with zero attached hydrogens (tertiary/aromatic N) is 3. The Morgan fingerprint density at radius 2 is 1.98 bits per heavy atom. The molecule has 216 valence electrons. The molecule has 0 bridgehead atoms. The highest BCUT2D eigenvalue weighted by atomic mass is 35.5. The molecule has 40 heavy (non-hydrogen) atoms. The third-order valence-electron chi connectivity index (χ3n) is 6.90. The van der Waals surface area contributed by atoms with Crippen LogP contribution in [0.5, 0.6) is 5.75 Å². The molecule has 0 saturated carbocycles. The van der Waals surface area contributed by atoms with Crippen molar-refractivity contribution in [1.29, 1.82) is 0 Å². The number of hydrogen-bond donors (Lipinski definition) is 0. The Bertz CT molecular complexity index is 1540. The van der Waals surface area contributed by atoms with Gasteiger partial charge in [0.25, 0.3) is 0 Å². The minimum Gasteiger partial charge on any atom is -0.485 e. The van der Waals surface area contributed by atoms with Gasteiger partial charge in [-0.3, -0.25) is 4.98 Å². The summed E-state index contributed by atoms with van der Waals surface area (Å²) in [7, 11) is -3.27. The lowest BCUT2D eigenvalue weighted by Gasteiger charge is -2.25. The minimum atomic E-state index is -3.27. The third kappa shape index (κ3) is 6.22. The van der Waals surface area contributed by atoms with Crippen LogP contribution in [0.4, 0.5) is 9.18 Å². The van der Waals surface area contributed by atoms with E-state index in [1.165, 1.54) is 20.5 Å². The molecule has 0 N–H and O–H groups in total. The molecule has 5 rings (SSSR count). The molecule has 2 saturated heterocycles. The molecular weight excluding hydrogens is 577 g/mol. The number of pyridine rings is 1. The van der Waals surface area contributed by atoms with E-state index in [4.69, 9.17) is 21.1 Å². The van der Waals surface area contributed by atoms with Gasteiger partial charge in [-0.15, -0.1) is 11.3 Å². The minimum absolute atomic E-state index is 0.0524. The van der Waals surface area contributed by atoms with Gasteiger partial charge in [0.2, 0.25) is 10.0 Å². The number of likely N-dealkylation sites (tertiary alicyclic amines) is 1. The first-order valence-electron chi connectivity index (χ1n) is 13.2. The first kappa shape index (κ1) is 29.0. The van der Waals surface area contributed by atoms with Crippen molar-refractivity contribution in [3.8, 4) is 16.9 Å². The monoisotopic (exact) mass is 609 g/mol. The predicted octanol–water partition coefficient (Wildman–Crippen LogP) is 6.19. The smallest absolute Gasteiger partial charge is 0.410 e. The molecule has 2 atom stereocenters. The van der Waals surface area contributed by atoms with Gasteiger partial charge in [0.05, 0.1) is 29.1 Å². The fourth-order valence-electron chi connectivity index (χ4n) is 5.03. The van der Waals surface area contributed by atoms with Crippen molar-refractivity contribution in [1.82, 2.24) is 14.2 Å². The van der Waals surface area contributed by atoms with E-state index in [0.29, 0.717) is 35.8 Å². The first-order valence-corrected chi connectivity index (χ1v) is 16.1. The number of amides is 1. The maximum atomic E-state index is 15.1. The van der Waals surface area contributed by atoms with E-state index in [9.17, 15) is 13.2 Å². The SMILES string of the molecule is Cc1cc(Cl)cc(-c2ccnc3cc(CN4CCCCS4(=O)=O)sc23)c1O[C@@H]1CN(C(=O)OC(C)(C)C)C[C@@H]1F. The largest absolute Gasteiger partial charge is 0.485 e. The predicted molar refractivity (Wildman–Crippen MR) is 155 cm³/mol. The van der Waals surface area contributed by atoms with Crippen molar-refractivity contribution in [2.24, 2.45) is 0 Å². The van der Waals surface area contributed by atoms with Gasteiger partial charge in [-0.05, 0) is 70.4 Å². The average molecular weight is 610 g/mol. The van der Waals surface area contributed by atoms with Crippen LogP contribution in [0.2, 0.25) is 5.02 Å². The molecule has 2 fully saturated rings. The molecule has 1 amide bonds. The normalized spacial score (nSPS) is 21.6. The van der Waals surface area contributed by atoms with Crippen LogP contribution in [0.1, 0.15) is 44.1 Å². The summed E-state index contributed by atoms with van der Waals surface area (Å²) in [4.78, 5) is 19.3. The molecule has 0 unspecified atom stereocenters. The summed E-state index contributed by atoms with van der Waals surface area (Å²) in [5, 5.41) is 0.500. The second kappa shape index (κ2) is 11.1. The molecule has 2 aliphatic rings. The van der Waals surface area contributed by atoms with Crippen molar-refractivity contribution in [2.45, 2.75) is 65.0 Å². The third-order valence-corrected chi connectivity index (χ3v) is 10.2. The van der Waals surface area contributed by atoms with Gasteiger partial charge < -0.3 is 14.4 Å². The topological polar surface area (TPSA) is 89.0 Å². The van der Waals surface area contributed by atoms with Crippen LogP contribution >= 0.6 is 22.9 Å². The Kier molecular flexibility index (Phi) is 8.04. The maximum absolute atomic E-state index is 15.1. The van der Waals surface area contributed by atoms with Gasteiger partial charge >= 0.3 is 6.09 Å². The van der Waals surface area contributed by atoms with Crippen LogP contribution in [0.15, 0.2) is 30.5 Å². The molecule has 8 nitrogen and oxygen atoms in total. The van der Waals surface area contributed by atoms with Gasteiger partial charge in [-0.2, -0.15) is 4.31 Å². The second-order valence-electron chi connectivity index (χ2n) is 11.3. The molecule has 0 radical (unpaired) electrons. The summed E-state index contributed by atoms with van der Waals surface area (Å²) in [6.07, 6.45) is 0.359. The number of carbonyl (C=O) groups is 1. The van der Waals surface area contributed by atoms with Crippen molar-refractivity contribution >= 4 is 49.3 Å². The van der Waals surface area contributed by atoms with E-state index in [2.05, 4.69) is 4.98 Å². The van der Waals surface area contributed by atoms with E-state index in [1.807, 2.05) is 19.1 Å². The number of ether oxygens (including phenoxy) is 2. The van der Waals surface area contributed by atoms with Gasteiger partial charge in [-0.1, -0.05) is 11.6 Å². The number of fused-ring (bicyclic) bond motifs is 1. The van der Waals surface area contributed by atoms with Crippen LogP contribution in [-0.2, 0) is 21.3 Å². The fourth-order valence-corrected chi connectivity index (χ4v) is 8.11. The molecule has 4 heterocycles. The number of aromatic nitrogens is 1. The summed E-state index contributed by atoms with van der Waals surface area (Å²) < 4.78 is 54.4. The molecule has 0 aliphatic carbocycles. The molecule has 1 aromatic carbocycles. The number of halogens is 2. The number of aryl methyl sites for hydroxylation is 1. The Morgan fingerprint density at radius 3 is 2.70 bits per heavy atom. The summed E-state index contributed by atoms with van der Waals surface area (Å²) in [5.41, 5.74) is 2.26. The van der Waals surface area contributed by atoms with E-state index in [0.717, 1.165) is 32.6 Å². The average Bonchev–Trinajstić information content (AvgIpc) is 3.43. The first-order chi connectivity index (χ1) is 18.8. The van der Waals surface area contributed by atoms with Gasteiger partial charge in [-0.25, -0.2) is 17.6 Å². The van der Waals surface area contributed by atoms with Gasteiger partial charge in [0, 0.05) is 40.3 Å². The zero-order valence-corrected chi connectivity index (χ0v) is 25.3. The number of alkyl halides is 1. The Balaban J connectivity index is 1.46. The van der Waals surface area contributed by atoms with Gasteiger partial charge in [0.1, 0.15) is 17.5 Å². The van der Waals surface area contributed by atoms with E-state index in [-0.39, 0.29) is 18.8 Å². The summed E-state index contributed by atoms with van der Waals surface area (Å²) >= 11 is 7.95. The lowest BCUT2D eigenvalue weighted by atomic mass is 10.0. The molecule has 12 heteroatoms. The number of thiophene rings is 1. The summed E-state index contributed by atoms with van der Waals surface area (Å²) in [6.45, 7) is 7.89. The van der Waals surface area contributed by atoms with Crippen LogP contribution < -0.4 is 4.74 Å². The maximum Gasteiger partial charge on any atom is 0.410 e. The lowest BCUT2D eigenvalue weighted by Crippen LogP contribution is -2.36. The standard InChI is InChI=1S/C28H33ClFN3O5S2/c1-17-11-18(29)12-21(25(17)37-24-16-32(15-22(24)30)27(34)38-28(2,3)4)20-7-8-31-23-13-19(39-26(20)23)14-33-9-5-6-10-40(33,35)36/h7-8,11-13,22,24H,5-6,9-10,14-16H2,1-4H3/t22-,24+/m0/s1. The van der Waals surface area contributed by atoms with Gasteiger partial charge in [0.15, 0.2) is 6.17 Å². The highest BCUT2D eigenvalue weighted by Gasteiger charge is 2.39. The highest BCUT2D eigenvalue weighted by molar-refractivity contribution is 7.89. The van der Waals surface area contributed by atoms with Crippen LogP contribution in [-0.4, -0.2) is 72.0 Å². The van der Waals surface area contributed by atoms with Crippen LogP contribution in [0, 0.1) is 6.92 Å².